The highest BCUT2D eigenvalue weighted by atomic mass is 16.5. The molecule has 1 atom stereocenters. The fourth-order valence-corrected chi connectivity index (χ4v) is 3.18. The fraction of sp³-hybridized carbons (Fsp3) is 0.529. The van der Waals surface area contributed by atoms with Gasteiger partial charge in [0.05, 0.1) is 0 Å². The van der Waals surface area contributed by atoms with Crippen molar-refractivity contribution in [3.05, 3.63) is 34.9 Å². The van der Waals surface area contributed by atoms with Crippen LogP contribution in [0.25, 0.3) is 0 Å². The highest BCUT2D eigenvalue weighted by Crippen LogP contribution is 2.24. The van der Waals surface area contributed by atoms with Crippen molar-refractivity contribution in [3.63, 3.8) is 0 Å². The average molecular weight is 305 g/mol. The predicted octanol–water partition coefficient (Wildman–Crippen LogP) is 2.26. The molecule has 1 aromatic rings. The number of nitrogens with zero attached hydrogens (tertiary/aromatic N) is 1. The molecule has 1 aromatic carbocycles. The van der Waals surface area contributed by atoms with Crippen LogP contribution in [-0.4, -0.2) is 48.2 Å². The molecule has 1 fully saturated rings. The quantitative estimate of drug-likeness (QED) is 0.926. The number of amides is 1. The number of hydrogen-bond donors (Lipinski definition) is 1. The van der Waals surface area contributed by atoms with Gasteiger partial charge in [-0.1, -0.05) is 17.2 Å². The van der Waals surface area contributed by atoms with Crippen molar-refractivity contribution in [1.29, 1.82) is 0 Å². The summed E-state index contributed by atoms with van der Waals surface area (Å²) in [6.07, 6.45) is 0.529. The Morgan fingerprint density at radius 1 is 1.18 bits per heavy atom. The molecule has 1 saturated heterocycles. The Balaban J connectivity index is 2.02. The average Bonchev–Trinajstić information content (AvgIpc) is 2.46. The van der Waals surface area contributed by atoms with Gasteiger partial charge < -0.3 is 14.7 Å². The molecule has 2 rings (SSSR count). The minimum atomic E-state index is -0.929. The number of piperidine rings is 1. The summed E-state index contributed by atoms with van der Waals surface area (Å²) in [5, 5.41) is 9.13. The lowest BCUT2D eigenvalue weighted by Gasteiger charge is -2.34. The van der Waals surface area contributed by atoms with E-state index in [0.29, 0.717) is 31.5 Å². The first-order chi connectivity index (χ1) is 10.4. The molecule has 1 heterocycles. The van der Waals surface area contributed by atoms with Crippen LogP contribution in [0.3, 0.4) is 0 Å². The maximum Gasteiger partial charge on any atom is 0.333 e. The lowest BCUT2D eigenvalue weighted by molar-refractivity contribution is -0.153. The molecule has 0 aromatic heterocycles. The van der Waals surface area contributed by atoms with Crippen LogP contribution in [0.2, 0.25) is 0 Å². The number of carboxylic acids is 1. The van der Waals surface area contributed by atoms with Gasteiger partial charge in [-0.15, -0.1) is 0 Å². The number of hydrogen-bond acceptors (Lipinski definition) is 3. The van der Waals surface area contributed by atoms with Gasteiger partial charge in [0.1, 0.15) is 0 Å². The highest BCUT2D eigenvalue weighted by molar-refractivity contribution is 5.94. The van der Waals surface area contributed by atoms with Gasteiger partial charge in [0.25, 0.3) is 5.91 Å². The van der Waals surface area contributed by atoms with Gasteiger partial charge in [-0.3, -0.25) is 4.79 Å². The summed E-state index contributed by atoms with van der Waals surface area (Å²) in [5.41, 5.74) is 2.85. The Morgan fingerprint density at radius 3 is 2.18 bits per heavy atom. The van der Waals surface area contributed by atoms with Crippen molar-refractivity contribution in [2.75, 3.05) is 20.2 Å². The van der Waals surface area contributed by atoms with Crippen molar-refractivity contribution >= 4 is 11.9 Å². The van der Waals surface area contributed by atoms with Crippen LogP contribution < -0.4 is 0 Å². The van der Waals surface area contributed by atoms with E-state index in [1.807, 2.05) is 32.0 Å². The van der Waals surface area contributed by atoms with E-state index in [1.165, 1.54) is 7.11 Å². The molecule has 5 nitrogen and oxygen atoms in total. The molecule has 0 bridgehead atoms. The predicted molar refractivity (Wildman–Crippen MR) is 83.0 cm³/mol. The zero-order valence-electron chi connectivity index (χ0n) is 13.3. The number of carbonyl (C=O) groups is 2. The van der Waals surface area contributed by atoms with Gasteiger partial charge in [-0.2, -0.15) is 0 Å². The standard InChI is InChI=1S/C17H23NO4/c1-11-8-12(2)10-14(9-11)16(19)18-6-4-13(5-7-18)15(22-3)17(20)21/h8-10,13,15H,4-7H2,1-3H3,(H,20,21). The first-order valence-electron chi connectivity index (χ1n) is 7.55. The van der Waals surface area contributed by atoms with Gasteiger partial charge in [-0.05, 0) is 44.7 Å². The Bertz CT molecular complexity index is 542. The topological polar surface area (TPSA) is 66.8 Å². The van der Waals surface area contributed by atoms with E-state index in [9.17, 15) is 9.59 Å². The van der Waals surface area contributed by atoms with Crippen LogP contribution in [0.1, 0.15) is 34.3 Å². The first-order valence-corrected chi connectivity index (χ1v) is 7.55. The third-order valence-electron chi connectivity index (χ3n) is 4.22. The third-order valence-corrected chi connectivity index (χ3v) is 4.22. The Labute approximate surface area is 130 Å². The molecule has 5 heteroatoms. The lowest BCUT2D eigenvalue weighted by atomic mass is 9.90. The molecule has 1 amide bonds. The largest absolute Gasteiger partial charge is 0.479 e. The summed E-state index contributed by atoms with van der Waals surface area (Å²) in [6, 6.07) is 5.84. The van der Waals surface area contributed by atoms with Gasteiger partial charge in [0, 0.05) is 25.8 Å². The van der Waals surface area contributed by atoms with Crippen LogP contribution in [0, 0.1) is 19.8 Å². The second-order valence-electron chi connectivity index (χ2n) is 6.00. The number of methoxy groups -OCH3 is 1. The monoisotopic (exact) mass is 305 g/mol. The number of rotatable bonds is 4. The van der Waals surface area contributed by atoms with E-state index >= 15 is 0 Å². The number of carboxylic acid groups (broad SMARTS) is 1. The summed E-state index contributed by atoms with van der Waals surface area (Å²) in [5.74, 6) is -0.943. The zero-order valence-corrected chi connectivity index (χ0v) is 13.3. The van der Waals surface area contributed by atoms with Gasteiger partial charge in [-0.25, -0.2) is 4.79 Å². The Kier molecular flexibility index (Phi) is 5.19. The summed E-state index contributed by atoms with van der Waals surface area (Å²) in [7, 11) is 1.42. The summed E-state index contributed by atoms with van der Waals surface area (Å²) >= 11 is 0. The van der Waals surface area contributed by atoms with E-state index in [0.717, 1.165) is 11.1 Å². The van der Waals surface area contributed by atoms with E-state index in [1.54, 1.807) is 4.90 Å². The second-order valence-corrected chi connectivity index (χ2v) is 6.00. The van der Waals surface area contributed by atoms with Crippen LogP contribution >= 0.6 is 0 Å². The molecule has 22 heavy (non-hydrogen) atoms. The number of carbonyl (C=O) groups excluding carboxylic acids is 1. The SMILES string of the molecule is COC(C(=O)O)C1CCN(C(=O)c2cc(C)cc(C)c2)CC1. The van der Waals surface area contributed by atoms with E-state index in [2.05, 4.69) is 0 Å². The summed E-state index contributed by atoms with van der Waals surface area (Å²) < 4.78 is 5.06. The lowest BCUT2D eigenvalue weighted by Crippen LogP contribution is -2.43. The maximum atomic E-state index is 12.6. The molecule has 1 aliphatic rings. The number of aryl methyl sites for hydroxylation is 2. The molecule has 0 saturated carbocycles. The van der Waals surface area contributed by atoms with Crippen molar-refractivity contribution in [3.8, 4) is 0 Å². The van der Waals surface area contributed by atoms with Crippen LogP contribution in [0.5, 0.6) is 0 Å². The first kappa shape index (κ1) is 16.5. The van der Waals surface area contributed by atoms with Gasteiger partial charge >= 0.3 is 5.97 Å². The van der Waals surface area contributed by atoms with E-state index in [-0.39, 0.29) is 11.8 Å². The third kappa shape index (κ3) is 3.65. The molecule has 0 radical (unpaired) electrons. The van der Waals surface area contributed by atoms with Gasteiger partial charge in [0.15, 0.2) is 6.10 Å². The number of benzene rings is 1. The van der Waals surface area contributed by atoms with Crippen molar-refractivity contribution < 1.29 is 19.4 Å². The van der Waals surface area contributed by atoms with Crippen molar-refractivity contribution in [2.45, 2.75) is 32.8 Å². The van der Waals surface area contributed by atoms with E-state index < -0.39 is 12.1 Å². The minimum Gasteiger partial charge on any atom is -0.479 e. The fourth-order valence-electron chi connectivity index (χ4n) is 3.18. The highest BCUT2D eigenvalue weighted by Gasteiger charge is 2.32. The molecule has 1 aliphatic heterocycles. The Morgan fingerprint density at radius 2 is 1.73 bits per heavy atom. The van der Waals surface area contributed by atoms with Gasteiger partial charge in [0.2, 0.25) is 0 Å². The smallest absolute Gasteiger partial charge is 0.333 e. The van der Waals surface area contributed by atoms with E-state index in [4.69, 9.17) is 9.84 Å². The molecule has 1 unspecified atom stereocenters. The molecular formula is C17H23NO4. The molecule has 0 aliphatic carbocycles. The number of aliphatic carboxylic acids is 1. The summed E-state index contributed by atoms with van der Waals surface area (Å²) in [6.45, 7) is 5.10. The van der Waals surface area contributed by atoms with Crippen LogP contribution in [-0.2, 0) is 9.53 Å². The zero-order chi connectivity index (χ0) is 16.3. The van der Waals surface area contributed by atoms with Crippen LogP contribution in [0.4, 0.5) is 0 Å². The normalized spacial score (nSPS) is 17.3. The maximum absolute atomic E-state index is 12.6. The minimum absolute atomic E-state index is 0.0227. The van der Waals surface area contributed by atoms with Crippen molar-refractivity contribution in [2.24, 2.45) is 5.92 Å². The number of likely N-dealkylation sites (tertiary alicyclic amines) is 1. The molecular weight excluding hydrogens is 282 g/mol. The molecule has 1 N–H and O–H groups in total. The van der Waals surface area contributed by atoms with Crippen LogP contribution in [0.15, 0.2) is 18.2 Å². The summed E-state index contributed by atoms with van der Waals surface area (Å²) in [4.78, 5) is 25.5. The number of ether oxygens (including phenoxy) is 1. The molecule has 0 spiro atoms. The second kappa shape index (κ2) is 6.92. The molecule has 120 valence electrons. The van der Waals surface area contributed by atoms with Crippen molar-refractivity contribution in [1.82, 2.24) is 4.90 Å². The Hall–Kier alpha value is -1.88.